The summed E-state index contributed by atoms with van der Waals surface area (Å²) in [5, 5.41) is 0.211. The molecule has 4 rings (SSSR count). The third kappa shape index (κ3) is 10.1. The van der Waals surface area contributed by atoms with Gasteiger partial charge in [0.05, 0.1) is 18.4 Å². The average molecular weight is 620 g/mol. The minimum Gasteiger partial charge on any atom is -0.459 e. The van der Waals surface area contributed by atoms with Gasteiger partial charge in [-0.1, -0.05) is 26.8 Å². The van der Waals surface area contributed by atoms with E-state index in [9.17, 15) is 14.4 Å². The summed E-state index contributed by atoms with van der Waals surface area (Å²) in [4.78, 5) is 50.7. The summed E-state index contributed by atoms with van der Waals surface area (Å²) in [6.45, 7) is 19.3. The molecule has 0 unspecified atom stereocenters. The van der Waals surface area contributed by atoms with Gasteiger partial charge in [-0.2, -0.15) is 0 Å². The topological polar surface area (TPSA) is 115 Å². The van der Waals surface area contributed by atoms with Gasteiger partial charge in [-0.3, -0.25) is 24.5 Å². The SMILES string of the molecule is CC(C)(C)[Si](C)(C)OCc1ccc(C=O)nc1.CC(C)OC(=O)c1cccnc1N1CCN(Cc2ccc(C=O)cn2)CC1. The van der Waals surface area contributed by atoms with Crippen LogP contribution in [0.5, 0.6) is 0 Å². The summed E-state index contributed by atoms with van der Waals surface area (Å²) in [6.07, 6.45) is 6.38. The molecule has 0 aromatic carbocycles. The van der Waals surface area contributed by atoms with Crippen molar-refractivity contribution in [3.05, 3.63) is 83.1 Å². The van der Waals surface area contributed by atoms with E-state index < -0.39 is 8.32 Å². The number of pyridine rings is 3. The van der Waals surface area contributed by atoms with E-state index in [2.05, 4.69) is 58.6 Å². The second-order valence-corrected chi connectivity index (χ2v) is 17.4. The fourth-order valence-corrected chi connectivity index (χ4v) is 5.06. The highest BCUT2D eigenvalue weighted by Gasteiger charge is 2.37. The van der Waals surface area contributed by atoms with E-state index in [0.29, 0.717) is 29.2 Å². The van der Waals surface area contributed by atoms with E-state index in [1.165, 1.54) is 0 Å². The summed E-state index contributed by atoms with van der Waals surface area (Å²) in [6, 6.07) is 10.8. The zero-order valence-corrected chi connectivity index (χ0v) is 27.9. The van der Waals surface area contributed by atoms with Gasteiger partial charge in [0.1, 0.15) is 17.1 Å². The molecule has 3 aromatic rings. The molecule has 0 N–H and O–H groups in total. The Hall–Kier alpha value is -3.80. The lowest BCUT2D eigenvalue weighted by Crippen LogP contribution is -2.46. The molecule has 0 aliphatic carbocycles. The number of carbonyl (C=O) groups is 3. The largest absolute Gasteiger partial charge is 0.459 e. The molecule has 0 amide bonds. The number of hydrogen-bond donors (Lipinski definition) is 0. The molecule has 1 aliphatic rings. The van der Waals surface area contributed by atoms with E-state index in [4.69, 9.17) is 9.16 Å². The van der Waals surface area contributed by atoms with Crippen LogP contribution in [0.25, 0.3) is 0 Å². The monoisotopic (exact) mass is 619 g/mol. The molecule has 236 valence electrons. The van der Waals surface area contributed by atoms with E-state index in [1.807, 2.05) is 26.0 Å². The zero-order valence-electron chi connectivity index (χ0n) is 26.9. The Labute approximate surface area is 262 Å². The van der Waals surface area contributed by atoms with Crippen LogP contribution in [0.1, 0.15) is 77.1 Å². The number of esters is 1. The second-order valence-electron chi connectivity index (χ2n) is 12.6. The fraction of sp³-hybridized carbons (Fsp3) is 0.455. The third-order valence-corrected chi connectivity index (χ3v) is 12.2. The quantitative estimate of drug-likeness (QED) is 0.162. The second kappa shape index (κ2) is 15.8. The molecule has 0 bridgehead atoms. The number of ether oxygens (including phenoxy) is 1. The molecule has 0 spiro atoms. The van der Waals surface area contributed by atoms with Gasteiger partial charge >= 0.3 is 5.97 Å². The van der Waals surface area contributed by atoms with Crippen molar-refractivity contribution < 1.29 is 23.5 Å². The number of nitrogens with zero attached hydrogens (tertiary/aromatic N) is 5. The van der Waals surface area contributed by atoms with Gasteiger partial charge in [0.2, 0.25) is 0 Å². The molecule has 0 radical (unpaired) electrons. The molecule has 1 aliphatic heterocycles. The van der Waals surface area contributed by atoms with Crippen LogP contribution in [0, 0.1) is 0 Å². The number of anilines is 1. The molecule has 44 heavy (non-hydrogen) atoms. The summed E-state index contributed by atoms with van der Waals surface area (Å²) in [7, 11) is -1.71. The lowest BCUT2D eigenvalue weighted by atomic mass is 10.2. The summed E-state index contributed by atoms with van der Waals surface area (Å²) < 4.78 is 11.4. The highest BCUT2D eigenvalue weighted by Crippen LogP contribution is 2.37. The lowest BCUT2D eigenvalue weighted by molar-refractivity contribution is 0.0378. The van der Waals surface area contributed by atoms with Crippen molar-refractivity contribution in [1.29, 1.82) is 0 Å². The zero-order chi connectivity index (χ0) is 32.3. The van der Waals surface area contributed by atoms with Crippen LogP contribution in [-0.2, 0) is 22.3 Å². The number of hydrogen-bond acceptors (Lipinski definition) is 10. The number of aldehydes is 2. The minimum atomic E-state index is -1.71. The highest BCUT2D eigenvalue weighted by atomic mass is 28.4. The maximum Gasteiger partial charge on any atom is 0.342 e. The van der Waals surface area contributed by atoms with Crippen molar-refractivity contribution in [1.82, 2.24) is 19.9 Å². The van der Waals surface area contributed by atoms with E-state index in [0.717, 1.165) is 56.6 Å². The van der Waals surface area contributed by atoms with E-state index in [-0.39, 0.29) is 17.1 Å². The van der Waals surface area contributed by atoms with Crippen molar-refractivity contribution in [2.45, 2.75) is 72.0 Å². The number of rotatable bonds is 10. The first-order valence-electron chi connectivity index (χ1n) is 14.9. The maximum absolute atomic E-state index is 12.3. The number of aromatic nitrogens is 3. The molecule has 3 aromatic heterocycles. The molecular formula is C33H45N5O5Si. The van der Waals surface area contributed by atoms with Gasteiger partial charge < -0.3 is 14.1 Å². The summed E-state index contributed by atoms with van der Waals surface area (Å²) in [5.74, 6) is 0.339. The predicted molar refractivity (Wildman–Crippen MR) is 174 cm³/mol. The predicted octanol–water partition coefficient (Wildman–Crippen LogP) is 5.59. The van der Waals surface area contributed by atoms with Gasteiger partial charge in [0.25, 0.3) is 0 Å². The Kier molecular flexibility index (Phi) is 12.4. The lowest BCUT2D eigenvalue weighted by Gasteiger charge is -2.36. The van der Waals surface area contributed by atoms with Crippen molar-refractivity contribution in [3.8, 4) is 0 Å². The van der Waals surface area contributed by atoms with Crippen LogP contribution in [0.3, 0.4) is 0 Å². The number of piperazine rings is 1. The van der Waals surface area contributed by atoms with Crippen LogP contribution in [0.15, 0.2) is 55.0 Å². The van der Waals surface area contributed by atoms with E-state index >= 15 is 0 Å². The van der Waals surface area contributed by atoms with Crippen LogP contribution in [-0.4, -0.2) is 79.0 Å². The fourth-order valence-electron chi connectivity index (χ4n) is 4.10. The normalized spacial score (nSPS) is 14.0. The Morgan fingerprint density at radius 3 is 2.23 bits per heavy atom. The standard InChI is InChI=1S/C20H24N4O3.C13H21NO2Si/c1-15(2)27-20(26)18-4-3-7-21-19(18)24-10-8-23(9-11-24)13-17-6-5-16(14-25)12-22-17;1-13(2,3)17(4,5)16-10-11-6-7-12(9-15)14-8-11/h3-7,12,14-15H,8-11,13H2,1-2H3;6-9H,10H2,1-5H3. The number of carbonyl (C=O) groups excluding carboxylic acids is 3. The smallest absolute Gasteiger partial charge is 0.342 e. The van der Waals surface area contributed by atoms with Crippen LogP contribution in [0.2, 0.25) is 18.1 Å². The Bertz CT molecular complexity index is 1370. The Morgan fingerprint density at radius 1 is 0.955 bits per heavy atom. The van der Waals surface area contributed by atoms with Crippen LogP contribution >= 0.6 is 0 Å². The van der Waals surface area contributed by atoms with Crippen molar-refractivity contribution in [2.75, 3.05) is 31.1 Å². The van der Waals surface area contributed by atoms with E-state index in [1.54, 1.807) is 42.9 Å². The summed E-state index contributed by atoms with van der Waals surface area (Å²) >= 11 is 0. The van der Waals surface area contributed by atoms with Crippen LogP contribution < -0.4 is 4.90 Å². The highest BCUT2D eigenvalue weighted by molar-refractivity contribution is 6.74. The molecule has 10 nitrogen and oxygen atoms in total. The molecule has 0 atom stereocenters. The molecule has 1 fully saturated rings. The van der Waals surface area contributed by atoms with Crippen molar-refractivity contribution in [3.63, 3.8) is 0 Å². The van der Waals surface area contributed by atoms with Gasteiger partial charge in [0, 0.05) is 56.9 Å². The molecular weight excluding hydrogens is 574 g/mol. The Balaban J connectivity index is 0.000000269. The first kappa shape index (κ1) is 34.7. The molecule has 0 saturated carbocycles. The molecule has 11 heteroatoms. The van der Waals surface area contributed by atoms with Gasteiger partial charge in [0.15, 0.2) is 20.9 Å². The average Bonchev–Trinajstić information content (AvgIpc) is 3.00. The minimum absolute atomic E-state index is 0.166. The van der Waals surface area contributed by atoms with Crippen molar-refractivity contribution in [2.24, 2.45) is 0 Å². The summed E-state index contributed by atoms with van der Waals surface area (Å²) in [5.41, 5.74) is 3.50. The van der Waals surface area contributed by atoms with Crippen LogP contribution in [0.4, 0.5) is 5.82 Å². The first-order chi connectivity index (χ1) is 20.8. The Morgan fingerprint density at radius 2 is 1.68 bits per heavy atom. The van der Waals surface area contributed by atoms with Gasteiger partial charge in [-0.15, -0.1) is 0 Å². The van der Waals surface area contributed by atoms with Crippen molar-refractivity contribution >= 4 is 32.7 Å². The van der Waals surface area contributed by atoms with Gasteiger partial charge in [-0.05, 0) is 67.9 Å². The first-order valence-corrected chi connectivity index (χ1v) is 17.8. The maximum atomic E-state index is 12.3. The van der Waals surface area contributed by atoms with Gasteiger partial charge in [-0.25, -0.2) is 9.78 Å². The molecule has 1 saturated heterocycles. The molecule has 4 heterocycles. The third-order valence-electron chi connectivity index (χ3n) is 7.76.